The summed E-state index contributed by atoms with van der Waals surface area (Å²) in [7, 11) is 0. The summed E-state index contributed by atoms with van der Waals surface area (Å²) < 4.78 is 16.8. The van der Waals surface area contributed by atoms with E-state index in [1.54, 1.807) is 0 Å². The minimum atomic E-state index is -2.11. The Bertz CT molecular complexity index is 686. The van der Waals surface area contributed by atoms with Gasteiger partial charge in [0.05, 0.1) is 26.4 Å². The Balaban J connectivity index is 1.95. The van der Waals surface area contributed by atoms with Gasteiger partial charge in [0.25, 0.3) is 5.91 Å². The number of ketones is 1. The molecular weight excluding hydrogens is 495 g/mol. The number of carbonyl (C=O) groups excluding carboxylic acids is 3. The maximum absolute atomic E-state index is 12.0. The molecule has 0 unspecified atom stereocenters. The Kier molecular flexibility index (Phi) is 11.9. The quantitative estimate of drug-likeness (QED) is 0.103. The van der Waals surface area contributed by atoms with Crippen molar-refractivity contribution >= 4 is 40.2 Å². The lowest BCUT2D eigenvalue weighted by Crippen LogP contribution is -2.70. The van der Waals surface area contributed by atoms with Crippen molar-refractivity contribution in [2.75, 3.05) is 39.6 Å². The second-order valence-corrected chi connectivity index (χ2v) is 7.34. The highest BCUT2D eigenvalue weighted by molar-refractivity contribution is 14.1. The number of carbonyl (C=O) groups is 3. The van der Waals surface area contributed by atoms with E-state index in [-0.39, 0.29) is 25.6 Å². The number of benzene rings is 1. The molecule has 10 nitrogen and oxygen atoms in total. The highest BCUT2D eigenvalue weighted by Gasteiger charge is 2.28. The number of hydrogen-bond acceptors (Lipinski definition) is 8. The van der Waals surface area contributed by atoms with Crippen molar-refractivity contribution < 1.29 is 28.6 Å². The number of ether oxygens (including phenoxy) is 3. The van der Waals surface area contributed by atoms with Crippen LogP contribution in [0.2, 0.25) is 0 Å². The molecule has 0 aromatic heterocycles. The highest BCUT2D eigenvalue weighted by atomic mass is 127. The number of hydrogen-bond donors (Lipinski definition) is 4. The first-order valence-corrected chi connectivity index (χ1v) is 10.0. The number of primary amides is 1. The molecule has 29 heavy (non-hydrogen) atoms. The number of halogens is 1. The van der Waals surface area contributed by atoms with Crippen molar-refractivity contribution in [3.63, 3.8) is 0 Å². The van der Waals surface area contributed by atoms with Crippen LogP contribution in [0, 0.1) is 3.57 Å². The lowest BCUT2D eigenvalue weighted by molar-refractivity contribution is -0.134. The van der Waals surface area contributed by atoms with E-state index in [1.807, 2.05) is 29.6 Å². The molecule has 7 N–H and O–H groups in total. The predicted octanol–water partition coefficient (Wildman–Crippen LogP) is -0.523. The zero-order valence-electron chi connectivity index (χ0n) is 16.0. The van der Waals surface area contributed by atoms with Gasteiger partial charge in [-0.3, -0.25) is 25.9 Å². The van der Waals surface area contributed by atoms with E-state index in [9.17, 15) is 14.4 Å². The summed E-state index contributed by atoms with van der Waals surface area (Å²) in [5.74, 6) is -3.74. The number of amides is 2. The zero-order chi connectivity index (χ0) is 21.7. The van der Waals surface area contributed by atoms with Gasteiger partial charge in [-0.25, -0.2) is 0 Å². The molecule has 1 aromatic carbocycles. The molecule has 0 atom stereocenters. The van der Waals surface area contributed by atoms with E-state index < -0.39 is 17.6 Å². The fourth-order valence-corrected chi connectivity index (χ4v) is 2.62. The maximum Gasteiger partial charge on any atom is 0.273 e. The van der Waals surface area contributed by atoms with Gasteiger partial charge in [0.2, 0.25) is 11.7 Å². The van der Waals surface area contributed by atoms with Gasteiger partial charge in [-0.2, -0.15) is 0 Å². The Morgan fingerprint density at radius 1 is 1.00 bits per heavy atom. The van der Waals surface area contributed by atoms with Gasteiger partial charge in [-0.1, -0.05) is 12.1 Å². The Morgan fingerprint density at radius 2 is 1.62 bits per heavy atom. The van der Waals surface area contributed by atoms with Crippen LogP contribution in [0.1, 0.15) is 23.2 Å². The standard InChI is InChI=1S/C18H27IN4O6/c19-14-4-1-3-13(11-14)15(24)5-2-6-27-7-8-28-9-10-29-12-16(25)23-18(21,22)17(20)26/h1,3-4,11H,2,5-10,12,21-22H2,(H2,20,26)(H,23,25)/i19+0. The molecule has 0 fully saturated rings. The fraction of sp³-hybridized carbons (Fsp3) is 0.500. The number of rotatable bonds is 15. The maximum atomic E-state index is 12.0. The van der Waals surface area contributed by atoms with Gasteiger partial charge in [-0.05, 0) is 41.1 Å². The minimum absolute atomic E-state index is 0.0990. The van der Waals surface area contributed by atoms with Crippen LogP contribution in [0.3, 0.4) is 0 Å². The van der Waals surface area contributed by atoms with Gasteiger partial charge in [0, 0.05) is 22.2 Å². The smallest absolute Gasteiger partial charge is 0.273 e. The molecule has 0 bridgehead atoms. The molecule has 162 valence electrons. The fourth-order valence-electron chi connectivity index (χ4n) is 2.07. The van der Waals surface area contributed by atoms with E-state index in [4.69, 9.17) is 31.4 Å². The normalized spacial score (nSPS) is 11.3. The van der Waals surface area contributed by atoms with Crippen molar-refractivity contribution in [3.8, 4) is 0 Å². The van der Waals surface area contributed by atoms with Gasteiger partial charge in [0.15, 0.2) is 5.78 Å². The summed E-state index contributed by atoms with van der Waals surface area (Å²) in [6.45, 7) is 1.30. The van der Waals surface area contributed by atoms with E-state index in [2.05, 4.69) is 22.6 Å². The van der Waals surface area contributed by atoms with Gasteiger partial charge in [0.1, 0.15) is 6.61 Å². The Hall–Kier alpha value is -1.64. The monoisotopic (exact) mass is 522 g/mol. The van der Waals surface area contributed by atoms with Crippen LogP contribution in [0.25, 0.3) is 0 Å². The zero-order valence-corrected chi connectivity index (χ0v) is 18.2. The van der Waals surface area contributed by atoms with Crippen LogP contribution in [-0.2, 0) is 23.8 Å². The van der Waals surface area contributed by atoms with E-state index in [0.717, 1.165) is 3.57 Å². The minimum Gasteiger partial charge on any atom is -0.379 e. The van der Waals surface area contributed by atoms with Crippen LogP contribution >= 0.6 is 22.6 Å². The summed E-state index contributed by atoms with van der Waals surface area (Å²) >= 11 is 2.17. The molecule has 0 radical (unpaired) electrons. The van der Waals surface area contributed by atoms with Crippen LogP contribution in [0.5, 0.6) is 0 Å². The molecule has 0 saturated carbocycles. The Morgan fingerprint density at radius 3 is 2.24 bits per heavy atom. The molecular formula is C18H27IN4O6. The van der Waals surface area contributed by atoms with Crippen LogP contribution in [0.4, 0.5) is 0 Å². The average molecular weight is 522 g/mol. The Labute approximate surface area is 182 Å². The molecule has 11 heteroatoms. The van der Waals surface area contributed by atoms with Crippen molar-refractivity contribution in [1.29, 1.82) is 0 Å². The average Bonchev–Trinajstić information content (AvgIpc) is 2.65. The third-order valence-electron chi connectivity index (χ3n) is 3.57. The number of Topliss-reactive ketones (excluding diaryl/α,β-unsaturated/α-hetero) is 1. The van der Waals surface area contributed by atoms with Crippen molar-refractivity contribution in [1.82, 2.24) is 5.32 Å². The third-order valence-corrected chi connectivity index (χ3v) is 4.24. The molecule has 1 aromatic rings. The molecule has 0 saturated heterocycles. The van der Waals surface area contributed by atoms with Crippen LogP contribution in [-0.4, -0.2) is 63.0 Å². The SMILES string of the molecule is NC(=O)C(N)(N)NC(=O)COCCOCCOCCCC(=O)c1cccc([127I])c1. The predicted molar refractivity (Wildman–Crippen MR) is 114 cm³/mol. The third kappa shape index (κ3) is 11.2. The number of nitrogens with one attached hydrogen (secondary N) is 1. The van der Waals surface area contributed by atoms with E-state index >= 15 is 0 Å². The van der Waals surface area contributed by atoms with Crippen LogP contribution in [0.15, 0.2) is 24.3 Å². The van der Waals surface area contributed by atoms with E-state index in [0.29, 0.717) is 38.2 Å². The second kappa shape index (κ2) is 13.6. The van der Waals surface area contributed by atoms with Crippen LogP contribution < -0.4 is 22.5 Å². The first kappa shape index (κ1) is 25.4. The summed E-state index contributed by atoms with van der Waals surface area (Å²) in [5.41, 5.74) is 16.2. The summed E-state index contributed by atoms with van der Waals surface area (Å²) in [4.78, 5) is 34.4. The lowest BCUT2D eigenvalue weighted by atomic mass is 10.1. The van der Waals surface area contributed by atoms with Crippen molar-refractivity contribution in [2.45, 2.75) is 18.6 Å². The highest BCUT2D eigenvalue weighted by Crippen LogP contribution is 2.10. The summed E-state index contributed by atoms with van der Waals surface area (Å²) in [6.07, 6.45) is 1.07. The lowest BCUT2D eigenvalue weighted by Gasteiger charge is -2.21. The summed E-state index contributed by atoms with van der Waals surface area (Å²) in [5, 5.41) is 2.04. The van der Waals surface area contributed by atoms with Gasteiger partial charge in [-0.15, -0.1) is 0 Å². The van der Waals surface area contributed by atoms with Crippen molar-refractivity contribution in [3.05, 3.63) is 33.4 Å². The largest absolute Gasteiger partial charge is 0.379 e. The molecule has 1 rings (SSSR count). The molecule has 0 heterocycles. The first-order chi connectivity index (χ1) is 13.7. The molecule has 0 aliphatic heterocycles. The van der Waals surface area contributed by atoms with Crippen molar-refractivity contribution in [2.24, 2.45) is 17.2 Å². The molecule has 0 aliphatic carbocycles. The molecule has 0 aliphatic rings. The van der Waals surface area contributed by atoms with Gasteiger partial charge >= 0.3 is 0 Å². The second-order valence-electron chi connectivity index (χ2n) is 6.10. The molecule has 2 amide bonds. The summed E-state index contributed by atoms with van der Waals surface area (Å²) in [6, 6.07) is 7.48. The molecule has 0 spiro atoms. The number of nitrogens with two attached hydrogens (primary N) is 3. The van der Waals surface area contributed by atoms with Gasteiger partial charge < -0.3 is 25.3 Å². The van der Waals surface area contributed by atoms with E-state index in [1.165, 1.54) is 0 Å². The first-order valence-electron chi connectivity index (χ1n) is 8.93. The topological polar surface area (TPSA) is 169 Å².